The molecule has 2 aromatic rings. The number of nitrogens with one attached hydrogen (secondary N) is 1. The Morgan fingerprint density at radius 1 is 1.37 bits per heavy atom. The van der Waals surface area contributed by atoms with Crippen LogP contribution < -0.4 is 10.7 Å². The quantitative estimate of drug-likeness (QED) is 0.876. The fourth-order valence-corrected chi connectivity index (χ4v) is 3.47. The minimum atomic E-state index is -0.616. The summed E-state index contributed by atoms with van der Waals surface area (Å²) in [4.78, 5) is 23.7. The third-order valence-corrected chi connectivity index (χ3v) is 4.39. The van der Waals surface area contributed by atoms with E-state index in [1.54, 1.807) is 5.38 Å². The van der Waals surface area contributed by atoms with Crippen LogP contribution in [0.5, 0.6) is 0 Å². The zero-order valence-electron chi connectivity index (χ0n) is 10.2. The van der Waals surface area contributed by atoms with Crippen LogP contribution in [0.1, 0.15) is 17.5 Å². The third kappa shape index (κ3) is 2.05. The molecule has 5 heteroatoms. The van der Waals surface area contributed by atoms with Gasteiger partial charge in [0.1, 0.15) is 6.61 Å². The summed E-state index contributed by atoms with van der Waals surface area (Å²) in [6.45, 7) is -0.616. The summed E-state index contributed by atoms with van der Waals surface area (Å²) >= 11 is 1.44. The smallest absolute Gasteiger partial charge is 0.250 e. The molecule has 0 fully saturated rings. The first-order chi connectivity index (χ1) is 9.20. The van der Waals surface area contributed by atoms with Crippen LogP contribution in [0.25, 0.3) is 10.1 Å². The van der Waals surface area contributed by atoms with Gasteiger partial charge in [0.2, 0.25) is 11.3 Å². The van der Waals surface area contributed by atoms with Crippen molar-refractivity contribution in [3.05, 3.63) is 38.9 Å². The first-order valence-electron chi connectivity index (χ1n) is 6.17. The van der Waals surface area contributed by atoms with Crippen molar-refractivity contribution in [1.29, 1.82) is 0 Å². The molecule has 4 nitrogen and oxygen atoms in total. The van der Waals surface area contributed by atoms with Crippen LogP contribution >= 0.6 is 11.3 Å². The molecule has 1 aliphatic carbocycles. The Morgan fingerprint density at radius 3 is 3.00 bits per heavy atom. The van der Waals surface area contributed by atoms with Gasteiger partial charge in [-0.1, -0.05) is 6.07 Å². The molecule has 0 unspecified atom stereocenters. The zero-order chi connectivity index (χ0) is 13.4. The second kappa shape index (κ2) is 4.75. The summed E-state index contributed by atoms with van der Waals surface area (Å²) in [6, 6.07) is 4.07. The molecule has 0 saturated heterocycles. The lowest BCUT2D eigenvalue weighted by atomic mass is 10.1. The van der Waals surface area contributed by atoms with Gasteiger partial charge in [-0.05, 0) is 36.5 Å². The molecule has 0 radical (unpaired) electrons. The van der Waals surface area contributed by atoms with Crippen LogP contribution in [0.2, 0.25) is 0 Å². The zero-order valence-corrected chi connectivity index (χ0v) is 11.0. The molecule has 0 bridgehead atoms. The summed E-state index contributed by atoms with van der Waals surface area (Å²) in [7, 11) is 0. The van der Waals surface area contributed by atoms with E-state index in [1.165, 1.54) is 16.9 Å². The number of hydrogen-bond acceptors (Lipinski definition) is 4. The Kier molecular flexibility index (Phi) is 3.08. The van der Waals surface area contributed by atoms with E-state index < -0.39 is 12.5 Å². The molecule has 1 aromatic carbocycles. The molecule has 1 aromatic heterocycles. The maximum atomic E-state index is 12.4. The second-order valence-electron chi connectivity index (χ2n) is 4.61. The first kappa shape index (κ1) is 12.3. The number of aliphatic hydroxyl groups is 1. The predicted molar refractivity (Wildman–Crippen MR) is 75.8 cm³/mol. The molecular weight excluding hydrogens is 262 g/mol. The Bertz CT molecular complexity index is 720. The van der Waals surface area contributed by atoms with Gasteiger partial charge in [0, 0.05) is 15.5 Å². The van der Waals surface area contributed by atoms with Gasteiger partial charge in [-0.25, -0.2) is 0 Å². The molecule has 0 aliphatic heterocycles. The normalized spacial score (nSPS) is 13.5. The summed E-state index contributed by atoms with van der Waals surface area (Å²) < 4.78 is 0.952. The van der Waals surface area contributed by atoms with Crippen LogP contribution in [0.3, 0.4) is 0 Å². The van der Waals surface area contributed by atoms with E-state index >= 15 is 0 Å². The van der Waals surface area contributed by atoms with E-state index in [4.69, 9.17) is 5.11 Å². The number of benzene rings is 1. The van der Waals surface area contributed by atoms with Crippen molar-refractivity contribution in [3.63, 3.8) is 0 Å². The van der Waals surface area contributed by atoms with Gasteiger partial charge in [0.15, 0.2) is 0 Å². The molecule has 1 aliphatic rings. The van der Waals surface area contributed by atoms with Gasteiger partial charge >= 0.3 is 0 Å². The molecule has 19 heavy (non-hydrogen) atoms. The van der Waals surface area contributed by atoms with Crippen molar-refractivity contribution >= 4 is 33.0 Å². The molecule has 0 atom stereocenters. The predicted octanol–water partition coefficient (Wildman–Crippen LogP) is 1.68. The Labute approximate surface area is 113 Å². The lowest BCUT2D eigenvalue weighted by Crippen LogP contribution is -2.20. The maximum Gasteiger partial charge on any atom is 0.250 e. The highest BCUT2D eigenvalue weighted by molar-refractivity contribution is 7.17. The molecule has 2 N–H and O–H groups in total. The lowest BCUT2D eigenvalue weighted by Gasteiger charge is -2.07. The van der Waals surface area contributed by atoms with E-state index in [0.29, 0.717) is 0 Å². The lowest BCUT2D eigenvalue weighted by molar-refractivity contribution is -0.118. The van der Waals surface area contributed by atoms with E-state index in [1.807, 2.05) is 6.07 Å². The summed E-state index contributed by atoms with van der Waals surface area (Å²) in [5, 5.41) is 13.6. The van der Waals surface area contributed by atoms with Gasteiger partial charge in [-0.3, -0.25) is 9.59 Å². The molecule has 98 valence electrons. The van der Waals surface area contributed by atoms with Gasteiger partial charge in [0.25, 0.3) is 0 Å². The topological polar surface area (TPSA) is 66.4 Å². The average molecular weight is 275 g/mol. The van der Waals surface area contributed by atoms with Gasteiger partial charge in [-0.2, -0.15) is 0 Å². The maximum absolute atomic E-state index is 12.4. The molecule has 1 heterocycles. The number of anilines is 1. The number of hydrogen-bond donors (Lipinski definition) is 2. The highest BCUT2D eigenvalue weighted by atomic mass is 32.1. The second-order valence-corrected chi connectivity index (χ2v) is 5.53. The standard InChI is InChI=1S/C14H13NO3S/c16-6-12(17)15-10-7-19-11-5-4-8-2-1-3-9(8)13(11)14(10)18/h4-5,7,16H,1-3,6H2,(H,15,17). The molecule has 0 spiro atoms. The highest BCUT2D eigenvalue weighted by Crippen LogP contribution is 2.30. The number of carbonyl (C=O) groups is 1. The van der Waals surface area contributed by atoms with Crippen LogP contribution in [0.15, 0.2) is 22.3 Å². The largest absolute Gasteiger partial charge is 0.387 e. The number of aryl methyl sites for hydroxylation is 2. The van der Waals surface area contributed by atoms with Crippen molar-refractivity contribution in [2.75, 3.05) is 11.9 Å². The average Bonchev–Trinajstić information content (AvgIpc) is 2.89. The summed E-state index contributed by atoms with van der Waals surface area (Å²) in [6.07, 6.45) is 3.01. The molecule has 1 amide bonds. The first-order valence-corrected chi connectivity index (χ1v) is 7.05. The van der Waals surface area contributed by atoms with Crippen molar-refractivity contribution in [2.24, 2.45) is 0 Å². The molecule has 3 rings (SSSR count). The van der Waals surface area contributed by atoms with E-state index in [0.717, 1.165) is 34.9 Å². The van der Waals surface area contributed by atoms with Crippen molar-refractivity contribution < 1.29 is 9.90 Å². The fraction of sp³-hybridized carbons (Fsp3) is 0.286. The molecule has 0 saturated carbocycles. The van der Waals surface area contributed by atoms with Crippen molar-refractivity contribution in [2.45, 2.75) is 19.3 Å². The van der Waals surface area contributed by atoms with Gasteiger partial charge in [0.05, 0.1) is 5.69 Å². The van der Waals surface area contributed by atoms with Crippen molar-refractivity contribution in [3.8, 4) is 0 Å². The van der Waals surface area contributed by atoms with Crippen LogP contribution in [0.4, 0.5) is 5.69 Å². The Morgan fingerprint density at radius 2 is 2.21 bits per heavy atom. The van der Waals surface area contributed by atoms with Crippen molar-refractivity contribution in [1.82, 2.24) is 0 Å². The summed E-state index contributed by atoms with van der Waals surface area (Å²) in [5.41, 5.74) is 2.48. The fourth-order valence-electron chi connectivity index (χ4n) is 2.58. The highest BCUT2D eigenvalue weighted by Gasteiger charge is 2.18. The number of fused-ring (bicyclic) bond motifs is 3. The van der Waals surface area contributed by atoms with E-state index in [-0.39, 0.29) is 11.1 Å². The minimum absolute atomic E-state index is 0.144. The Hall–Kier alpha value is -1.72. The SMILES string of the molecule is O=C(CO)Nc1csc2ccc3c(c2c1=O)CCC3. The van der Waals surface area contributed by atoms with Crippen LogP contribution in [-0.2, 0) is 17.6 Å². The van der Waals surface area contributed by atoms with Crippen LogP contribution in [-0.4, -0.2) is 17.6 Å². The van der Waals surface area contributed by atoms with Gasteiger partial charge < -0.3 is 10.4 Å². The number of aliphatic hydroxyl groups excluding tert-OH is 1. The van der Waals surface area contributed by atoms with E-state index in [2.05, 4.69) is 11.4 Å². The number of carbonyl (C=O) groups excluding carboxylic acids is 1. The van der Waals surface area contributed by atoms with Crippen LogP contribution in [0, 0.1) is 0 Å². The summed E-state index contributed by atoms with van der Waals surface area (Å²) in [5.74, 6) is -0.559. The Balaban J connectivity index is 2.21. The monoisotopic (exact) mass is 275 g/mol. The van der Waals surface area contributed by atoms with E-state index in [9.17, 15) is 9.59 Å². The minimum Gasteiger partial charge on any atom is -0.387 e. The van der Waals surface area contributed by atoms with Gasteiger partial charge in [-0.15, -0.1) is 11.3 Å². The third-order valence-electron chi connectivity index (χ3n) is 3.44. The molecular formula is C14H13NO3S. The number of amides is 1. The number of rotatable bonds is 2.